The number of carboxylic acid groups (broad SMARTS) is 1. The summed E-state index contributed by atoms with van der Waals surface area (Å²) < 4.78 is 0.984. The molecule has 1 heterocycles. The summed E-state index contributed by atoms with van der Waals surface area (Å²) in [7, 11) is 0. The number of pyridine rings is 1. The lowest BCUT2D eigenvalue weighted by molar-refractivity contribution is -0.138. The summed E-state index contributed by atoms with van der Waals surface area (Å²) in [5.74, 6) is -0.839. The van der Waals surface area contributed by atoms with Crippen molar-refractivity contribution in [3.05, 3.63) is 63.9 Å². The van der Waals surface area contributed by atoms with Gasteiger partial charge in [0.05, 0.1) is 12.2 Å². The summed E-state index contributed by atoms with van der Waals surface area (Å²) in [4.78, 5) is 17.3. The molecule has 1 aromatic carbocycles. The van der Waals surface area contributed by atoms with Crippen LogP contribution in [0.5, 0.6) is 0 Å². The molecule has 0 atom stereocenters. The predicted molar refractivity (Wildman–Crippen MR) is 84.9 cm³/mol. The highest BCUT2D eigenvalue weighted by Gasteiger charge is 2.13. The number of aryl methyl sites for hydroxylation is 1. The SMILES string of the molecule is Cc1ccc(CN(CC(=O)O)Cc2ccccc2Br)nc1. The Morgan fingerprint density at radius 1 is 1.24 bits per heavy atom. The first-order valence-corrected chi connectivity index (χ1v) is 7.43. The van der Waals surface area contributed by atoms with Crippen LogP contribution in [-0.4, -0.2) is 27.5 Å². The van der Waals surface area contributed by atoms with Gasteiger partial charge >= 0.3 is 5.97 Å². The average Bonchev–Trinajstić information content (AvgIpc) is 2.43. The molecule has 110 valence electrons. The molecule has 0 unspecified atom stereocenters. The number of carbonyl (C=O) groups is 1. The maximum Gasteiger partial charge on any atom is 0.317 e. The molecular formula is C16H17BrN2O2. The molecule has 2 rings (SSSR count). The number of carboxylic acids is 1. The molecule has 0 spiro atoms. The molecule has 2 aromatic rings. The number of halogens is 1. The van der Waals surface area contributed by atoms with Gasteiger partial charge in [-0.15, -0.1) is 0 Å². The number of rotatable bonds is 6. The van der Waals surface area contributed by atoms with Crippen LogP contribution >= 0.6 is 15.9 Å². The largest absolute Gasteiger partial charge is 0.480 e. The van der Waals surface area contributed by atoms with Crippen LogP contribution < -0.4 is 0 Å². The number of hydrogen-bond acceptors (Lipinski definition) is 3. The van der Waals surface area contributed by atoms with Gasteiger partial charge in [0.1, 0.15) is 0 Å². The van der Waals surface area contributed by atoms with Crippen LogP contribution in [0.2, 0.25) is 0 Å². The highest BCUT2D eigenvalue weighted by atomic mass is 79.9. The Balaban J connectivity index is 2.12. The van der Waals surface area contributed by atoms with E-state index in [-0.39, 0.29) is 6.54 Å². The van der Waals surface area contributed by atoms with Crippen molar-refractivity contribution in [1.29, 1.82) is 0 Å². The number of nitrogens with zero attached hydrogens (tertiary/aromatic N) is 2. The Bertz CT molecular complexity index is 614. The van der Waals surface area contributed by atoms with Crippen molar-refractivity contribution in [2.24, 2.45) is 0 Å². The molecule has 0 saturated heterocycles. The van der Waals surface area contributed by atoms with E-state index < -0.39 is 5.97 Å². The summed E-state index contributed by atoms with van der Waals surface area (Å²) in [6.07, 6.45) is 1.80. The van der Waals surface area contributed by atoms with Gasteiger partial charge in [-0.2, -0.15) is 0 Å². The van der Waals surface area contributed by atoms with Gasteiger partial charge in [-0.3, -0.25) is 14.7 Å². The van der Waals surface area contributed by atoms with E-state index in [4.69, 9.17) is 5.11 Å². The van der Waals surface area contributed by atoms with Gasteiger partial charge in [-0.05, 0) is 30.2 Å². The Morgan fingerprint density at radius 3 is 2.62 bits per heavy atom. The molecule has 0 aliphatic rings. The van der Waals surface area contributed by atoms with Gasteiger partial charge in [0.2, 0.25) is 0 Å². The minimum Gasteiger partial charge on any atom is -0.480 e. The molecule has 0 aliphatic heterocycles. The fourth-order valence-electron chi connectivity index (χ4n) is 2.05. The fourth-order valence-corrected chi connectivity index (χ4v) is 2.46. The van der Waals surface area contributed by atoms with E-state index in [1.165, 1.54) is 0 Å². The van der Waals surface area contributed by atoms with Crippen molar-refractivity contribution in [3.8, 4) is 0 Å². The van der Waals surface area contributed by atoms with Crippen molar-refractivity contribution in [1.82, 2.24) is 9.88 Å². The van der Waals surface area contributed by atoms with Gasteiger partial charge < -0.3 is 5.11 Å². The Morgan fingerprint density at radius 2 is 2.00 bits per heavy atom. The van der Waals surface area contributed by atoms with Crippen LogP contribution in [0.3, 0.4) is 0 Å². The van der Waals surface area contributed by atoms with E-state index in [0.717, 1.165) is 21.3 Å². The fraction of sp³-hybridized carbons (Fsp3) is 0.250. The number of aliphatic carboxylic acids is 1. The third-order valence-corrected chi connectivity index (χ3v) is 3.84. The average molecular weight is 349 g/mol. The standard InChI is InChI=1S/C16H17BrN2O2/c1-12-6-7-14(18-8-12)10-19(11-16(20)21)9-13-4-2-3-5-15(13)17/h2-8H,9-11H2,1H3,(H,20,21). The molecule has 1 N–H and O–H groups in total. The van der Waals surface area contributed by atoms with Gasteiger partial charge in [0, 0.05) is 23.8 Å². The van der Waals surface area contributed by atoms with Crippen molar-refractivity contribution >= 4 is 21.9 Å². The van der Waals surface area contributed by atoms with E-state index in [0.29, 0.717) is 13.1 Å². The zero-order chi connectivity index (χ0) is 15.2. The molecular weight excluding hydrogens is 332 g/mol. The summed E-state index contributed by atoms with van der Waals surface area (Å²) in [6.45, 7) is 3.03. The molecule has 4 nitrogen and oxygen atoms in total. The number of hydrogen-bond donors (Lipinski definition) is 1. The molecule has 5 heteroatoms. The lowest BCUT2D eigenvalue weighted by Crippen LogP contribution is -2.29. The van der Waals surface area contributed by atoms with Crippen LogP contribution in [0.25, 0.3) is 0 Å². The van der Waals surface area contributed by atoms with Gasteiger partial charge in [0.25, 0.3) is 0 Å². The monoisotopic (exact) mass is 348 g/mol. The van der Waals surface area contributed by atoms with Gasteiger partial charge in [-0.25, -0.2) is 0 Å². The molecule has 0 bridgehead atoms. The van der Waals surface area contributed by atoms with Crippen molar-refractivity contribution < 1.29 is 9.90 Å². The summed E-state index contributed by atoms with van der Waals surface area (Å²) >= 11 is 3.50. The lowest BCUT2D eigenvalue weighted by Gasteiger charge is -2.20. The molecule has 1 aromatic heterocycles. The van der Waals surface area contributed by atoms with Crippen LogP contribution in [0.15, 0.2) is 47.1 Å². The smallest absolute Gasteiger partial charge is 0.317 e. The second kappa shape index (κ2) is 7.33. The maximum absolute atomic E-state index is 11.1. The molecule has 0 radical (unpaired) electrons. The van der Waals surface area contributed by atoms with E-state index in [2.05, 4.69) is 20.9 Å². The quantitative estimate of drug-likeness (QED) is 0.870. The topological polar surface area (TPSA) is 53.4 Å². The highest BCUT2D eigenvalue weighted by Crippen LogP contribution is 2.18. The number of aromatic nitrogens is 1. The third-order valence-electron chi connectivity index (χ3n) is 3.07. The molecule has 0 aliphatic carbocycles. The zero-order valence-electron chi connectivity index (χ0n) is 11.8. The van der Waals surface area contributed by atoms with Crippen molar-refractivity contribution in [3.63, 3.8) is 0 Å². The Kier molecular flexibility index (Phi) is 5.47. The first kappa shape index (κ1) is 15.7. The highest BCUT2D eigenvalue weighted by molar-refractivity contribution is 9.10. The zero-order valence-corrected chi connectivity index (χ0v) is 13.4. The van der Waals surface area contributed by atoms with Crippen molar-refractivity contribution in [2.45, 2.75) is 20.0 Å². The van der Waals surface area contributed by atoms with Gasteiger partial charge in [-0.1, -0.05) is 40.2 Å². The Hall–Kier alpha value is -1.72. The van der Waals surface area contributed by atoms with Crippen LogP contribution in [0.4, 0.5) is 0 Å². The minimum atomic E-state index is -0.839. The second-order valence-corrected chi connectivity index (χ2v) is 5.81. The normalized spacial score (nSPS) is 10.8. The number of benzene rings is 1. The van der Waals surface area contributed by atoms with E-state index >= 15 is 0 Å². The molecule has 21 heavy (non-hydrogen) atoms. The van der Waals surface area contributed by atoms with Crippen LogP contribution in [0, 0.1) is 6.92 Å². The first-order valence-electron chi connectivity index (χ1n) is 6.63. The minimum absolute atomic E-state index is 0.0170. The first-order chi connectivity index (χ1) is 10.0. The van der Waals surface area contributed by atoms with Crippen LogP contribution in [-0.2, 0) is 17.9 Å². The van der Waals surface area contributed by atoms with Crippen LogP contribution in [0.1, 0.15) is 16.8 Å². The third kappa shape index (κ3) is 4.95. The molecule has 0 amide bonds. The Labute approximate surface area is 132 Å². The summed E-state index contributed by atoms with van der Waals surface area (Å²) in [5.41, 5.74) is 3.02. The second-order valence-electron chi connectivity index (χ2n) is 4.96. The van der Waals surface area contributed by atoms with Crippen molar-refractivity contribution in [2.75, 3.05) is 6.54 Å². The lowest BCUT2D eigenvalue weighted by atomic mass is 10.2. The molecule has 0 fully saturated rings. The van der Waals surface area contributed by atoms with E-state index in [1.807, 2.05) is 48.2 Å². The van der Waals surface area contributed by atoms with E-state index in [9.17, 15) is 4.79 Å². The molecule has 0 saturated carbocycles. The summed E-state index contributed by atoms with van der Waals surface area (Å²) in [5, 5.41) is 9.08. The maximum atomic E-state index is 11.1. The van der Waals surface area contributed by atoms with E-state index in [1.54, 1.807) is 6.20 Å². The van der Waals surface area contributed by atoms with Gasteiger partial charge in [0.15, 0.2) is 0 Å². The predicted octanol–water partition coefficient (Wildman–Crippen LogP) is 3.24. The summed E-state index contributed by atoms with van der Waals surface area (Å²) in [6, 6.07) is 11.8.